The maximum absolute atomic E-state index is 13.1. The third-order valence-electron chi connectivity index (χ3n) is 3.33. The molecule has 0 saturated heterocycles. The number of rotatable bonds is 7. The molecule has 2 aromatic rings. The Labute approximate surface area is 149 Å². The van der Waals surface area contributed by atoms with Gasteiger partial charge in [-0.15, -0.1) is 0 Å². The normalized spacial score (nSPS) is 10.4. The largest absolute Gasteiger partial charge is 0.497 e. The Morgan fingerprint density at radius 1 is 1.15 bits per heavy atom. The molecule has 7 nitrogen and oxygen atoms in total. The summed E-state index contributed by atoms with van der Waals surface area (Å²) in [5.41, 5.74) is 3.02. The van der Waals surface area contributed by atoms with Crippen LogP contribution >= 0.6 is 0 Å². The van der Waals surface area contributed by atoms with E-state index in [0.29, 0.717) is 17.1 Å². The molecule has 0 fully saturated rings. The number of amides is 2. The Kier molecular flexibility index (Phi) is 6.67. The van der Waals surface area contributed by atoms with Gasteiger partial charge >= 0.3 is 0 Å². The standard InChI is InChI=1S/C18H18FN3O4/c1-25-15-6-7-16(26-2)13(9-15)10-21-22-17(23)11-20-18(24)12-4-3-5-14(19)8-12/h3-10H,11H2,1-2H3,(H,20,24)(H,22,23)/b21-10-. The van der Waals surface area contributed by atoms with Crippen molar-refractivity contribution in [2.45, 2.75) is 0 Å². The van der Waals surface area contributed by atoms with Crippen molar-refractivity contribution in [1.82, 2.24) is 10.7 Å². The maximum atomic E-state index is 13.1. The van der Waals surface area contributed by atoms with Crippen LogP contribution < -0.4 is 20.2 Å². The second-order valence-corrected chi connectivity index (χ2v) is 5.09. The van der Waals surface area contributed by atoms with E-state index in [-0.39, 0.29) is 12.1 Å². The smallest absolute Gasteiger partial charge is 0.259 e. The average Bonchev–Trinajstić information content (AvgIpc) is 2.66. The Morgan fingerprint density at radius 3 is 2.65 bits per heavy atom. The van der Waals surface area contributed by atoms with Crippen LogP contribution in [0.1, 0.15) is 15.9 Å². The third kappa shape index (κ3) is 5.30. The molecule has 2 N–H and O–H groups in total. The maximum Gasteiger partial charge on any atom is 0.259 e. The minimum atomic E-state index is -0.557. The lowest BCUT2D eigenvalue weighted by Crippen LogP contribution is -2.34. The summed E-state index contributed by atoms with van der Waals surface area (Å²) in [7, 11) is 3.05. The van der Waals surface area contributed by atoms with E-state index in [0.717, 1.165) is 6.07 Å². The number of methoxy groups -OCH3 is 2. The monoisotopic (exact) mass is 359 g/mol. The molecule has 0 aliphatic heterocycles. The fourth-order valence-electron chi connectivity index (χ4n) is 2.05. The Balaban J connectivity index is 1.88. The van der Waals surface area contributed by atoms with Gasteiger partial charge in [-0.1, -0.05) is 6.07 Å². The fourth-order valence-corrected chi connectivity index (χ4v) is 2.05. The van der Waals surface area contributed by atoms with Gasteiger partial charge in [0.25, 0.3) is 11.8 Å². The summed E-state index contributed by atoms with van der Waals surface area (Å²) in [5.74, 6) is -0.450. The minimum Gasteiger partial charge on any atom is -0.497 e. The van der Waals surface area contributed by atoms with Crippen LogP contribution in [-0.2, 0) is 4.79 Å². The van der Waals surface area contributed by atoms with E-state index in [1.165, 1.54) is 38.6 Å². The first-order chi connectivity index (χ1) is 12.5. The summed E-state index contributed by atoms with van der Waals surface area (Å²) in [6.07, 6.45) is 1.40. The van der Waals surface area contributed by atoms with Crippen molar-refractivity contribution in [3.8, 4) is 11.5 Å². The first-order valence-corrected chi connectivity index (χ1v) is 7.61. The zero-order valence-electron chi connectivity index (χ0n) is 14.3. The fraction of sp³-hybridized carbons (Fsp3) is 0.167. The summed E-state index contributed by atoms with van der Waals surface area (Å²) in [5, 5.41) is 6.20. The van der Waals surface area contributed by atoms with E-state index in [9.17, 15) is 14.0 Å². The van der Waals surface area contributed by atoms with E-state index in [1.54, 1.807) is 18.2 Å². The molecule has 0 spiro atoms. The van der Waals surface area contributed by atoms with Gasteiger partial charge in [-0.25, -0.2) is 9.82 Å². The molecule has 0 unspecified atom stereocenters. The molecule has 0 heterocycles. The number of carbonyl (C=O) groups excluding carboxylic acids is 2. The van der Waals surface area contributed by atoms with Gasteiger partial charge in [0, 0.05) is 11.1 Å². The zero-order chi connectivity index (χ0) is 18.9. The molecule has 0 saturated carbocycles. The van der Waals surface area contributed by atoms with Gasteiger partial charge in [-0.2, -0.15) is 5.10 Å². The van der Waals surface area contributed by atoms with Gasteiger partial charge < -0.3 is 14.8 Å². The van der Waals surface area contributed by atoms with Gasteiger partial charge in [-0.05, 0) is 36.4 Å². The highest BCUT2D eigenvalue weighted by atomic mass is 19.1. The highest BCUT2D eigenvalue weighted by Gasteiger charge is 2.08. The summed E-state index contributed by atoms with van der Waals surface area (Å²) in [6.45, 7) is -0.304. The van der Waals surface area contributed by atoms with E-state index >= 15 is 0 Å². The molecular weight excluding hydrogens is 341 g/mol. The van der Waals surface area contributed by atoms with Gasteiger partial charge in [0.15, 0.2) is 0 Å². The van der Waals surface area contributed by atoms with Crippen LogP contribution in [-0.4, -0.2) is 38.8 Å². The summed E-state index contributed by atoms with van der Waals surface area (Å²) in [4.78, 5) is 23.6. The van der Waals surface area contributed by atoms with Crippen molar-refractivity contribution in [2.75, 3.05) is 20.8 Å². The molecule has 2 rings (SSSR count). The number of ether oxygens (including phenoxy) is 2. The molecule has 2 aromatic carbocycles. The van der Waals surface area contributed by atoms with Crippen molar-refractivity contribution >= 4 is 18.0 Å². The molecule has 0 aliphatic carbocycles. The topological polar surface area (TPSA) is 89.0 Å². The van der Waals surface area contributed by atoms with Crippen LogP contribution in [0.3, 0.4) is 0 Å². The zero-order valence-corrected chi connectivity index (χ0v) is 14.3. The number of halogens is 1. The number of hydrogen-bond donors (Lipinski definition) is 2. The molecule has 0 bridgehead atoms. The Hall–Kier alpha value is -3.42. The number of nitrogens with one attached hydrogen (secondary N) is 2. The molecule has 26 heavy (non-hydrogen) atoms. The van der Waals surface area contributed by atoms with E-state index < -0.39 is 17.6 Å². The first kappa shape index (κ1) is 18.9. The van der Waals surface area contributed by atoms with E-state index in [1.807, 2.05) is 0 Å². The summed E-state index contributed by atoms with van der Waals surface area (Å²) >= 11 is 0. The van der Waals surface area contributed by atoms with Crippen molar-refractivity contribution in [3.05, 3.63) is 59.4 Å². The van der Waals surface area contributed by atoms with Crippen molar-refractivity contribution in [1.29, 1.82) is 0 Å². The number of carbonyl (C=O) groups is 2. The molecule has 136 valence electrons. The molecule has 2 amide bonds. The predicted octanol–water partition coefficient (Wildman–Crippen LogP) is 1.72. The van der Waals surface area contributed by atoms with Gasteiger partial charge in [-0.3, -0.25) is 9.59 Å². The van der Waals surface area contributed by atoms with Gasteiger partial charge in [0.2, 0.25) is 0 Å². The second kappa shape index (κ2) is 9.16. The van der Waals surface area contributed by atoms with Crippen molar-refractivity contribution in [2.24, 2.45) is 5.10 Å². The lowest BCUT2D eigenvalue weighted by Gasteiger charge is -2.07. The molecular formula is C18H18FN3O4. The van der Waals surface area contributed by atoms with Crippen LogP contribution in [0, 0.1) is 5.82 Å². The number of benzene rings is 2. The summed E-state index contributed by atoms with van der Waals surface area (Å²) in [6, 6.07) is 10.3. The van der Waals surface area contributed by atoms with Crippen molar-refractivity contribution < 1.29 is 23.5 Å². The molecule has 0 aliphatic rings. The van der Waals surface area contributed by atoms with Crippen LogP contribution in [0.2, 0.25) is 0 Å². The highest BCUT2D eigenvalue weighted by molar-refractivity contribution is 5.96. The number of hydrogen-bond acceptors (Lipinski definition) is 5. The minimum absolute atomic E-state index is 0.127. The first-order valence-electron chi connectivity index (χ1n) is 7.61. The lowest BCUT2D eigenvalue weighted by atomic mass is 10.2. The molecule has 8 heteroatoms. The van der Waals surface area contributed by atoms with Gasteiger partial charge in [0.1, 0.15) is 17.3 Å². The quantitative estimate of drug-likeness (QED) is 0.582. The molecule has 0 radical (unpaired) electrons. The second-order valence-electron chi connectivity index (χ2n) is 5.09. The number of nitrogens with zero attached hydrogens (tertiary/aromatic N) is 1. The third-order valence-corrected chi connectivity index (χ3v) is 3.33. The SMILES string of the molecule is COc1ccc(OC)c(/C=N\NC(=O)CNC(=O)c2cccc(F)c2)c1. The highest BCUT2D eigenvalue weighted by Crippen LogP contribution is 2.22. The van der Waals surface area contributed by atoms with Crippen LogP contribution in [0.25, 0.3) is 0 Å². The van der Waals surface area contributed by atoms with Crippen molar-refractivity contribution in [3.63, 3.8) is 0 Å². The molecule has 0 aromatic heterocycles. The Morgan fingerprint density at radius 2 is 1.96 bits per heavy atom. The predicted molar refractivity (Wildman–Crippen MR) is 94.0 cm³/mol. The van der Waals surface area contributed by atoms with E-state index in [4.69, 9.17) is 9.47 Å². The molecule has 0 atom stereocenters. The summed E-state index contributed by atoms with van der Waals surface area (Å²) < 4.78 is 23.4. The van der Waals surface area contributed by atoms with E-state index in [2.05, 4.69) is 15.8 Å². The van der Waals surface area contributed by atoms with Crippen LogP contribution in [0.15, 0.2) is 47.6 Å². The van der Waals surface area contributed by atoms with Gasteiger partial charge in [0.05, 0.1) is 27.0 Å². The van der Waals surface area contributed by atoms with Crippen LogP contribution in [0.5, 0.6) is 11.5 Å². The lowest BCUT2D eigenvalue weighted by molar-refractivity contribution is -0.120. The average molecular weight is 359 g/mol. The number of hydrazone groups is 1. The van der Waals surface area contributed by atoms with Crippen LogP contribution in [0.4, 0.5) is 4.39 Å². The Bertz CT molecular complexity index is 824.